The quantitative estimate of drug-likeness (QED) is 0.599. The Morgan fingerprint density at radius 3 is 2.42 bits per heavy atom. The molecule has 0 aromatic heterocycles. The van der Waals surface area contributed by atoms with Gasteiger partial charge in [-0.2, -0.15) is 0 Å². The van der Waals surface area contributed by atoms with Crippen LogP contribution in [0.5, 0.6) is 0 Å². The van der Waals surface area contributed by atoms with Gasteiger partial charge in [-0.3, -0.25) is 0 Å². The highest BCUT2D eigenvalue weighted by Gasteiger charge is 2.24. The molecule has 0 amide bonds. The van der Waals surface area contributed by atoms with Crippen LogP contribution in [-0.4, -0.2) is 6.98 Å². The minimum absolute atomic E-state index is 0.492. The number of hydrogen-bond donors (Lipinski definition) is 0. The van der Waals surface area contributed by atoms with Crippen molar-refractivity contribution in [1.29, 1.82) is 0 Å². The minimum Gasteiger partial charge on any atom is -0.445 e. The van der Waals surface area contributed by atoms with Gasteiger partial charge in [-0.15, -0.1) is 5.46 Å². The Kier molecular flexibility index (Phi) is 2.26. The molecule has 0 bridgehead atoms. The molecule has 0 aliphatic carbocycles. The van der Waals surface area contributed by atoms with Gasteiger partial charge in [0.1, 0.15) is 0 Å². The van der Waals surface area contributed by atoms with E-state index in [1.165, 1.54) is 12.1 Å². The summed E-state index contributed by atoms with van der Waals surface area (Å²) in [5.74, 6) is 0. The zero-order valence-electron chi connectivity index (χ0n) is 6.31. The van der Waals surface area contributed by atoms with Gasteiger partial charge < -0.3 is 12.9 Å². The average Bonchev–Trinajstić information content (AvgIpc) is 2.03. The second-order valence-corrected chi connectivity index (χ2v) is 2.45. The molecule has 0 heterocycles. The predicted molar refractivity (Wildman–Crippen MR) is 45.2 cm³/mol. The third-order valence-corrected chi connectivity index (χ3v) is 1.52. The molecule has 64 valence electrons. The maximum atomic E-state index is 12.1. The highest BCUT2D eigenvalue weighted by molar-refractivity contribution is 6.73. The summed E-state index contributed by atoms with van der Waals surface area (Å²) in [6.45, 7) is -1.48. The molecule has 4 heteroatoms. The lowest BCUT2D eigenvalue weighted by molar-refractivity contribution is 0.501. The van der Waals surface area contributed by atoms with Crippen LogP contribution in [0.4, 0.5) is 12.9 Å². The monoisotopic (exact) mass is 171 g/mol. The largest absolute Gasteiger partial charge is 0.509 e. The van der Waals surface area contributed by atoms with Gasteiger partial charge in [0, 0.05) is 0 Å². The second kappa shape index (κ2) is 3.05. The Hall–Kier alpha value is -1.19. The molecule has 0 atom stereocenters. The predicted octanol–water partition coefficient (Wildman–Crippen LogP) is 2.38. The van der Waals surface area contributed by atoms with Crippen molar-refractivity contribution in [3.8, 4) is 0 Å². The molecule has 0 nitrogen and oxygen atoms in total. The third-order valence-electron chi connectivity index (χ3n) is 1.52. The van der Waals surface area contributed by atoms with Crippen LogP contribution >= 0.6 is 0 Å². The van der Waals surface area contributed by atoms with Crippen molar-refractivity contribution in [2.24, 2.45) is 0 Å². The first-order valence-electron chi connectivity index (χ1n) is 3.46. The highest BCUT2D eigenvalue weighted by atomic mass is 19.4. The van der Waals surface area contributed by atoms with Crippen LogP contribution in [-0.2, 0) is 0 Å². The van der Waals surface area contributed by atoms with Crippen molar-refractivity contribution in [2.75, 3.05) is 0 Å². The Balaban J connectivity index is 3.10. The summed E-state index contributed by atoms with van der Waals surface area (Å²) in [4.78, 5) is 0. The number of rotatable bonds is 2. The number of benzene rings is 1. The third kappa shape index (κ3) is 1.90. The van der Waals surface area contributed by atoms with E-state index >= 15 is 0 Å². The minimum atomic E-state index is -4.88. The molecule has 12 heavy (non-hydrogen) atoms. The fourth-order valence-electron chi connectivity index (χ4n) is 0.890. The van der Waals surface area contributed by atoms with E-state index in [0.717, 1.165) is 12.1 Å². The van der Waals surface area contributed by atoms with Crippen LogP contribution in [0.3, 0.4) is 0 Å². The van der Waals surface area contributed by atoms with Crippen molar-refractivity contribution in [1.82, 2.24) is 0 Å². The fourth-order valence-corrected chi connectivity index (χ4v) is 0.890. The van der Waals surface area contributed by atoms with Crippen molar-refractivity contribution < 1.29 is 12.9 Å². The Labute approximate surface area is 68.8 Å². The summed E-state index contributed by atoms with van der Waals surface area (Å²) in [6.07, 6.45) is 1.39. The van der Waals surface area contributed by atoms with Crippen LogP contribution in [0.25, 0.3) is 6.08 Å². The topological polar surface area (TPSA) is 0 Å². The summed E-state index contributed by atoms with van der Waals surface area (Å²) in [5.41, 5.74) is -0.0842. The molecule has 0 spiro atoms. The van der Waals surface area contributed by atoms with Crippen LogP contribution in [0.15, 0.2) is 30.8 Å². The van der Waals surface area contributed by atoms with Gasteiger partial charge in [0.15, 0.2) is 0 Å². The van der Waals surface area contributed by atoms with Gasteiger partial charge in [-0.1, -0.05) is 36.9 Å². The summed E-state index contributed by atoms with van der Waals surface area (Å²) in [7, 11) is 0. The molecule has 0 fully saturated rings. The molecule has 0 aliphatic rings. The van der Waals surface area contributed by atoms with Crippen molar-refractivity contribution in [3.05, 3.63) is 36.4 Å². The molecule has 0 saturated carbocycles. The van der Waals surface area contributed by atoms with Gasteiger partial charge in [0.25, 0.3) is 0 Å². The number of halogens is 3. The standard InChI is InChI=1S/C8H7BF3/c1-2-7-4-3-5-8(6-7)9(10,11)12/h2-6H,1H2/q-1. The molecular formula is C8H7BF3-. The summed E-state index contributed by atoms with van der Waals surface area (Å²) in [5, 5.41) is 0. The van der Waals surface area contributed by atoms with E-state index in [1.54, 1.807) is 6.07 Å². The van der Waals surface area contributed by atoms with Gasteiger partial charge in [-0.05, 0) is 5.56 Å². The van der Waals surface area contributed by atoms with Crippen molar-refractivity contribution in [2.45, 2.75) is 0 Å². The van der Waals surface area contributed by atoms with E-state index in [1.807, 2.05) is 0 Å². The Morgan fingerprint density at radius 1 is 1.25 bits per heavy atom. The first kappa shape index (κ1) is 8.91. The summed E-state index contributed by atoms with van der Waals surface area (Å²) >= 11 is 0. The first-order chi connectivity index (χ1) is 5.54. The average molecular weight is 171 g/mol. The van der Waals surface area contributed by atoms with Gasteiger partial charge in [0.2, 0.25) is 0 Å². The lowest BCUT2D eigenvalue weighted by atomic mass is 9.79. The SMILES string of the molecule is C=Cc1cccc([B-](F)(F)F)c1. The second-order valence-electron chi connectivity index (χ2n) is 2.45. The molecule has 1 aromatic carbocycles. The van der Waals surface area contributed by atoms with Crippen LogP contribution in [0.1, 0.15) is 5.56 Å². The fraction of sp³-hybridized carbons (Fsp3) is 0. The molecule has 0 unspecified atom stereocenters. The van der Waals surface area contributed by atoms with Crippen molar-refractivity contribution in [3.63, 3.8) is 0 Å². The molecule has 1 rings (SSSR count). The Bertz CT molecular complexity index is 291. The van der Waals surface area contributed by atoms with Gasteiger partial charge in [0.05, 0.1) is 0 Å². The van der Waals surface area contributed by atoms with Gasteiger partial charge in [-0.25, -0.2) is 0 Å². The normalized spacial score (nSPS) is 11.2. The highest BCUT2D eigenvalue weighted by Crippen LogP contribution is 2.10. The van der Waals surface area contributed by atoms with E-state index in [-0.39, 0.29) is 0 Å². The lowest BCUT2D eigenvalue weighted by Gasteiger charge is -2.14. The van der Waals surface area contributed by atoms with Gasteiger partial charge >= 0.3 is 6.98 Å². The summed E-state index contributed by atoms with van der Waals surface area (Å²) < 4.78 is 36.4. The Morgan fingerprint density at radius 2 is 1.92 bits per heavy atom. The van der Waals surface area contributed by atoms with E-state index < -0.39 is 12.4 Å². The van der Waals surface area contributed by atoms with Crippen LogP contribution < -0.4 is 5.46 Å². The van der Waals surface area contributed by atoms with Crippen LogP contribution in [0, 0.1) is 0 Å². The zero-order valence-corrected chi connectivity index (χ0v) is 6.31. The molecule has 0 saturated heterocycles. The number of hydrogen-bond acceptors (Lipinski definition) is 0. The molecular weight excluding hydrogens is 164 g/mol. The van der Waals surface area contributed by atoms with E-state index in [4.69, 9.17) is 0 Å². The molecule has 0 aliphatic heterocycles. The molecule has 0 N–H and O–H groups in total. The van der Waals surface area contributed by atoms with E-state index in [2.05, 4.69) is 6.58 Å². The maximum absolute atomic E-state index is 12.1. The smallest absolute Gasteiger partial charge is 0.445 e. The summed E-state index contributed by atoms with van der Waals surface area (Å²) in [6, 6.07) is 5.11. The molecule has 0 radical (unpaired) electrons. The lowest BCUT2D eigenvalue weighted by Crippen LogP contribution is -2.33. The maximum Gasteiger partial charge on any atom is 0.509 e. The van der Waals surface area contributed by atoms with E-state index in [9.17, 15) is 12.9 Å². The zero-order chi connectivity index (χ0) is 9.19. The van der Waals surface area contributed by atoms with Crippen LogP contribution in [0.2, 0.25) is 0 Å². The van der Waals surface area contributed by atoms with Crippen molar-refractivity contribution >= 4 is 18.5 Å². The van der Waals surface area contributed by atoms with E-state index in [0.29, 0.717) is 5.56 Å². The first-order valence-corrected chi connectivity index (χ1v) is 3.46. The molecule has 1 aromatic rings.